The molecule has 2 aliphatic rings. The van der Waals surface area contributed by atoms with Crippen molar-refractivity contribution in [1.82, 2.24) is 4.90 Å². The maximum Gasteiger partial charge on any atom is 0.233 e. The summed E-state index contributed by atoms with van der Waals surface area (Å²) in [6.45, 7) is 2.02. The molecule has 0 bridgehead atoms. The van der Waals surface area contributed by atoms with Crippen LogP contribution in [0.25, 0.3) is 0 Å². The number of hydrogen-bond donors (Lipinski definition) is 1. The Morgan fingerprint density at radius 1 is 1.21 bits per heavy atom. The molecule has 1 fully saturated rings. The first kappa shape index (κ1) is 16.7. The molecule has 3 rings (SSSR count). The summed E-state index contributed by atoms with van der Waals surface area (Å²) in [5.74, 6) is -1.09. The highest BCUT2D eigenvalue weighted by Gasteiger charge is 2.46. The van der Waals surface area contributed by atoms with Crippen LogP contribution in [0.15, 0.2) is 30.4 Å². The van der Waals surface area contributed by atoms with Gasteiger partial charge in [-0.2, -0.15) is 0 Å². The molecule has 6 heteroatoms. The van der Waals surface area contributed by atoms with Gasteiger partial charge in [0.05, 0.1) is 22.5 Å². The summed E-state index contributed by atoms with van der Waals surface area (Å²) in [5, 5.41) is 3.19. The minimum Gasteiger partial charge on any atom is -0.325 e. The Labute approximate surface area is 145 Å². The second-order valence-electron chi connectivity index (χ2n) is 6.27. The van der Waals surface area contributed by atoms with E-state index in [0.717, 1.165) is 5.56 Å². The molecule has 1 heterocycles. The van der Waals surface area contributed by atoms with Crippen LogP contribution >= 0.6 is 11.6 Å². The Bertz CT molecular complexity index is 703. The number of aryl methyl sites for hydroxylation is 1. The van der Waals surface area contributed by atoms with Crippen LogP contribution in [-0.2, 0) is 14.4 Å². The minimum atomic E-state index is -0.269. The molecule has 0 unspecified atom stereocenters. The highest BCUT2D eigenvalue weighted by atomic mass is 35.5. The maximum atomic E-state index is 12.3. The zero-order valence-electron chi connectivity index (χ0n) is 13.4. The van der Waals surface area contributed by atoms with Gasteiger partial charge in [0.15, 0.2) is 0 Å². The predicted octanol–water partition coefficient (Wildman–Crippen LogP) is 2.93. The number of rotatable bonds is 4. The summed E-state index contributed by atoms with van der Waals surface area (Å²) in [6, 6.07) is 5.36. The average Bonchev–Trinajstić information content (AvgIpc) is 2.80. The first-order chi connectivity index (χ1) is 11.5. The van der Waals surface area contributed by atoms with Crippen molar-refractivity contribution in [3.05, 3.63) is 40.9 Å². The van der Waals surface area contributed by atoms with Gasteiger partial charge in [-0.05, 0) is 37.5 Å². The van der Waals surface area contributed by atoms with Crippen molar-refractivity contribution in [1.29, 1.82) is 0 Å². The number of fused-ring (bicyclic) bond motifs is 1. The first-order valence-electron chi connectivity index (χ1n) is 8.03. The van der Waals surface area contributed by atoms with Gasteiger partial charge < -0.3 is 5.32 Å². The smallest absolute Gasteiger partial charge is 0.233 e. The number of anilines is 1. The second kappa shape index (κ2) is 6.77. The van der Waals surface area contributed by atoms with E-state index in [1.807, 2.05) is 25.1 Å². The van der Waals surface area contributed by atoms with Gasteiger partial charge in [0, 0.05) is 13.0 Å². The molecule has 2 atom stereocenters. The molecule has 3 amide bonds. The van der Waals surface area contributed by atoms with Crippen molar-refractivity contribution in [2.45, 2.75) is 26.2 Å². The van der Waals surface area contributed by atoms with E-state index >= 15 is 0 Å². The lowest BCUT2D eigenvalue weighted by atomic mass is 9.85. The number of likely N-dealkylation sites (tertiary alicyclic amines) is 1. The monoisotopic (exact) mass is 346 g/mol. The van der Waals surface area contributed by atoms with Crippen LogP contribution in [0, 0.1) is 18.8 Å². The normalized spacial score (nSPS) is 22.7. The van der Waals surface area contributed by atoms with Crippen molar-refractivity contribution < 1.29 is 14.4 Å². The SMILES string of the molecule is Cc1ccc(NC(=O)CCN2C(=O)[C@H]3CC=CC[C@@H]3C2=O)c(Cl)c1. The number of benzene rings is 1. The van der Waals surface area contributed by atoms with Crippen LogP contribution in [-0.4, -0.2) is 29.2 Å². The maximum absolute atomic E-state index is 12.3. The van der Waals surface area contributed by atoms with E-state index in [4.69, 9.17) is 11.6 Å². The summed E-state index contributed by atoms with van der Waals surface area (Å²) >= 11 is 6.09. The molecule has 0 aromatic heterocycles. The van der Waals surface area contributed by atoms with Crippen LogP contribution in [0.2, 0.25) is 5.02 Å². The van der Waals surface area contributed by atoms with Crippen LogP contribution in [0.5, 0.6) is 0 Å². The van der Waals surface area contributed by atoms with Crippen LogP contribution < -0.4 is 5.32 Å². The summed E-state index contributed by atoms with van der Waals surface area (Å²) < 4.78 is 0. The number of amides is 3. The van der Waals surface area contributed by atoms with Crippen molar-refractivity contribution >= 4 is 35.0 Å². The average molecular weight is 347 g/mol. The molecule has 1 N–H and O–H groups in total. The van der Waals surface area contributed by atoms with E-state index in [1.165, 1.54) is 4.90 Å². The van der Waals surface area contributed by atoms with Gasteiger partial charge in [0.1, 0.15) is 0 Å². The third kappa shape index (κ3) is 3.22. The van der Waals surface area contributed by atoms with Gasteiger partial charge >= 0.3 is 0 Å². The molecule has 1 saturated heterocycles. The molecule has 126 valence electrons. The van der Waals surface area contributed by atoms with Gasteiger partial charge in [-0.1, -0.05) is 29.8 Å². The summed E-state index contributed by atoms with van der Waals surface area (Å²) in [4.78, 5) is 38.0. The minimum absolute atomic E-state index is 0.0640. The van der Waals surface area contributed by atoms with E-state index in [2.05, 4.69) is 5.32 Å². The van der Waals surface area contributed by atoms with E-state index in [0.29, 0.717) is 23.6 Å². The number of halogens is 1. The van der Waals surface area contributed by atoms with Crippen LogP contribution in [0.4, 0.5) is 5.69 Å². The van der Waals surface area contributed by atoms with Crippen LogP contribution in [0.1, 0.15) is 24.8 Å². The third-order valence-electron chi connectivity index (χ3n) is 4.56. The predicted molar refractivity (Wildman–Crippen MR) is 91.5 cm³/mol. The Hall–Kier alpha value is -2.14. The highest BCUT2D eigenvalue weighted by Crippen LogP contribution is 2.35. The molecule has 5 nitrogen and oxygen atoms in total. The number of nitrogens with zero attached hydrogens (tertiary/aromatic N) is 1. The molecule has 0 radical (unpaired) electrons. The molecular weight excluding hydrogens is 328 g/mol. The van der Waals surface area contributed by atoms with E-state index in [-0.39, 0.29) is 42.5 Å². The number of allylic oxidation sites excluding steroid dienone is 2. The standard InChI is InChI=1S/C18H19ClN2O3/c1-11-6-7-15(14(19)10-11)20-16(22)8-9-21-17(23)12-4-2-3-5-13(12)18(21)24/h2-3,6-7,10,12-13H,4-5,8-9H2,1H3,(H,20,22)/t12-,13-/m0/s1. The summed E-state index contributed by atoms with van der Waals surface area (Å²) in [7, 11) is 0. The quantitative estimate of drug-likeness (QED) is 0.673. The number of carbonyl (C=O) groups excluding carboxylic acids is 3. The lowest BCUT2D eigenvalue weighted by molar-refractivity contribution is -0.140. The number of carbonyl (C=O) groups is 3. The van der Waals surface area contributed by atoms with E-state index in [1.54, 1.807) is 12.1 Å². The van der Waals surface area contributed by atoms with Crippen LogP contribution in [0.3, 0.4) is 0 Å². The van der Waals surface area contributed by atoms with Crippen molar-refractivity contribution in [2.24, 2.45) is 11.8 Å². The molecule has 0 spiro atoms. The topological polar surface area (TPSA) is 66.5 Å². The molecule has 24 heavy (non-hydrogen) atoms. The summed E-state index contributed by atoms with van der Waals surface area (Å²) in [5.41, 5.74) is 1.53. The van der Waals surface area contributed by atoms with E-state index in [9.17, 15) is 14.4 Å². The number of imide groups is 1. The zero-order chi connectivity index (χ0) is 17.3. The molecule has 1 aliphatic carbocycles. The highest BCUT2D eigenvalue weighted by molar-refractivity contribution is 6.33. The third-order valence-corrected chi connectivity index (χ3v) is 4.87. The largest absolute Gasteiger partial charge is 0.325 e. The van der Waals surface area contributed by atoms with Crippen molar-refractivity contribution in [3.8, 4) is 0 Å². The first-order valence-corrected chi connectivity index (χ1v) is 8.41. The Kier molecular flexibility index (Phi) is 4.71. The van der Waals surface area contributed by atoms with E-state index < -0.39 is 0 Å². The fourth-order valence-corrected chi connectivity index (χ4v) is 3.52. The van der Waals surface area contributed by atoms with Gasteiger partial charge in [-0.25, -0.2) is 0 Å². The second-order valence-corrected chi connectivity index (χ2v) is 6.67. The van der Waals surface area contributed by atoms with Crippen molar-refractivity contribution in [3.63, 3.8) is 0 Å². The molecule has 0 saturated carbocycles. The fraction of sp³-hybridized carbons (Fsp3) is 0.389. The lowest BCUT2D eigenvalue weighted by Gasteiger charge is -2.14. The van der Waals surface area contributed by atoms with Gasteiger partial charge in [0.25, 0.3) is 0 Å². The molecular formula is C18H19ClN2O3. The fourth-order valence-electron chi connectivity index (χ4n) is 3.24. The molecule has 1 aliphatic heterocycles. The number of hydrogen-bond acceptors (Lipinski definition) is 3. The van der Waals surface area contributed by atoms with Gasteiger partial charge in [-0.3, -0.25) is 19.3 Å². The molecule has 1 aromatic rings. The van der Waals surface area contributed by atoms with Crippen molar-refractivity contribution in [2.75, 3.05) is 11.9 Å². The Morgan fingerprint density at radius 3 is 2.42 bits per heavy atom. The Balaban J connectivity index is 1.58. The lowest BCUT2D eigenvalue weighted by Crippen LogP contribution is -2.34. The van der Waals surface area contributed by atoms with Gasteiger partial charge in [-0.15, -0.1) is 0 Å². The molecule has 1 aromatic carbocycles. The number of nitrogens with one attached hydrogen (secondary N) is 1. The zero-order valence-corrected chi connectivity index (χ0v) is 14.2. The summed E-state index contributed by atoms with van der Waals surface area (Å²) in [6.07, 6.45) is 5.17. The van der Waals surface area contributed by atoms with Gasteiger partial charge in [0.2, 0.25) is 17.7 Å². The Morgan fingerprint density at radius 2 is 1.83 bits per heavy atom.